The van der Waals surface area contributed by atoms with Gasteiger partial charge in [-0.05, 0) is 30.5 Å². The van der Waals surface area contributed by atoms with E-state index in [1.54, 1.807) is 0 Å². The SMILES string of the molecule is CCC(CC)N1C(=O)CC(NCc2cccc(Br)c2)C1=O. The highest BCUT2D eigenvalue weighted by Crippen LogP contribution is 2.20. The molecule has 1 fully saturated rings. The molecule has 5 heteroatoms. The highest BCUT2D eigenvalue weighted by Gasteiger charge is 2.40. The number of hydrogen-bond donors (Lipinski definition) is 1. The predicted octanol–water partition coefficient (Wildman–Crippen LogP) is 2.85. The summed E-state index contributed by atoms with van der Waals surface area (Å²) in [6.07, 6.45) is 1.89. The van der Waals surface area contributed by atoms with E-state index in [4.69, 9.17) is 0 Å². The zero-order chi connectivity index (χ0) is 15.4. The third kappa shape index (κ3) is 3.71. The Kier molecular flexibility index (Phi) is 5.53. The fourth-order valence-electron chi connectivity index (χ4n) is 2.74. The molecule has 1 aromatic rings. The number of nitrogens with one attached hydrogen (secondary N) is 1. The third-order valence-electron chi connectivity index (χ3n) is 3.93. The van der Waals surface area contributed by atoms with Crippen LogP contribution in [0.3, 0.4) is 0 Å². The lowest BCUT2D eigenvalue weighted by Gasteiger charge is -2.24. The van der Waals surface area contributed by atoms with E-state index in [9.17, 15) is 9.59 Å². The van der Waals surface area contributed by atoms with Gasteiger partial charge in [-0.2, -0.15) is 0 Å². The normalized spacial score (nSPS) is 18.9. The smallest absolute Gasteiger partial charge is 0.247 e. The Balaban J connectivity index is 1.99. The summed E-state index contributed by atoms with van der Waals surface area (Å²) in [6.45, 7) is 4.60. The van der Waals surface area contributed by atoms with Crippen molar-refractivity contribution < 1.29 is 9.59 Å². The lowest BCUT2D eigenvalue weighted by Crippen LogP contribution is -2.43. The molecule has 2 rings (SSSR count). The highest BCUT2D eigenvalue weighted by molar-refractivity contribution is 9.10. The molecule has 1 aliphatic rings. The van der Waals surface area contributed by atoms with Crippen molar-refractivity contribution in [2.75, 3.05) is 0 Å². The molecule has 0 saturated carbocycles. The van der Waals surface area contributed by atoms with E-state index in [2.05, 4.69) is 21.2 Å². The van der Waals surface area contributed by atoms with E-state index in [1.165, 1.54) is 4.90 Å². The van der Waals surface area contributed by atoms with Gasteiger partial charge in [-0.3, -0.25) is 14.5 Å². The maximum Gasteiger partial charge on any atom is 0.247 e. The Labute approximate surface area is 134 Å². The van der Waals surface area contributed by atoms with Gasteiger partial charge in [-0.15, -0.1) is 0 Å². The van der Waals surface area contributed by atoms with Gasteiger partial charge in [0, 0.05) is 17.1 Å². The van der Waals surface area contributed by atoms with Crippen molar-refractivity contribution in [2.24, 2.45) is 0 Å². The number of rotatable bonds is 6. The van der Waals surface area contributed by atoms with Gasteiger partial charge in [0.25, 0.3) is 0 Å². The Bertz CT molecular complexity index is 529. The topological polar surface area (TPSA) is 49.4 Å². The lowest BCUT2D eigenvalue weighted by molar-refractivity contribution is -0.141. The van der Waals surface area contributed by atoms with Crippen LogP contribution in [-0.4, -0.2) is 28.8 Å². The molecule has 0 spiro atoms. The summed E-state index contributed by atoms with van der Waals surface area (Å²) in [5.74, 6) is -0.135. The molecule has 0 bridgehead atoms. The van der Waals surface area contributed by atoms with E-state index in [0.717, 1.165) is 22.9 Å². The molecule has 1 atom stereocenters. The van der Waals surface area contributed by atoms with Crippen LogP contribution in [0.15, 0.2) is 28.7 Å². The summed E-state index contributed by atoms with van der Waals surface area (Å²) in [6, 6.07) is 7.56. The quantitative estimate of drug-likeness (QED) is 0.800. The van der Waals surface area contributed by atoms with Crippen molar-refractivity contribution in [2.45, 2.75) is 51.7 Å². The zero-order valence-electron chi connectivity index (χ0n) is 12.4. The molecule has 1 saturated heterocycles. The number of nitrogens with zero attached hydrogens (tertiary/aromatic N) is 1. The fraction of sp³-hybridized carbons (Fsp3) is 0.500. The van der Waals surface area contributed by atoms with Crippen LogP contribution in [0.25, 0.3) is 0 Å². The number of benzene rings is 1. The van der Waals surface area contributed by atoms with Crippen LogP contribution in [0.1, 0.15) is 38.7 Å². The second kappa shape index (κ2) is 7.18. The average Bonchev–Trinajstić information content (AvgIpc) is 2.74. The molecular formula is C16H21BrN2O2. The van der Waals surface area contributed by atoms with Gasteiger partial charge in [0.05, 0.1) is 12.5 Å². The van der Waals surface area contributed by atoms with Crippen LogP contribution in [0.2, 0.25) is 0 Å². The lowest BCUT2D eigenvalue weighted by atomic mass is 10.1. The molecule has 1 unspecified atom stereocenters. The van der Waals surface area contributed by atoms with Crippen LogP contribution < -0.4 is 5.32 Å². The Morgan fingerprint density at radius 1 is 1.33 bits per heavy atom. The minimum atomic E-state index is -0.392. The largest absolute Gasteiger partial charge is 0.301 e. The van der Waals surface area contributed by atoms with Crippen molar-refractivity contribution in [3.05, 3.63) is 34.3 Å². The number of amides is 2. The second-order valence-corrected chi connectivity index (χ2v) is 6.26. The van der Waals surface area contributed by atoms with Crippen LogP contribution >= 0.6 is 15.9 Å². The number of carbonyl (C=O) groups is 2. The third-order valence-corrected chi connectivity index (χ3v) is 4.43. The van der Waals surface area contributed by atoms with Gasteiger partial charge in [0.1, 0.15) is 0 Å². The molecule has 1 aromatic carbocycles. The van der Waals surface area contributed by atoms with Crippen molar-refractivity contribution in [1.29, 1.82) is 0 Å². The molecule has 0 radical (unpaired) electrons. The summed E-state index contributed by atoms with van der Waals surface area (Å²) in [4.78, 5) is 25.9. The first-order valence-electron chi connectivity index (χ1n) is 7.40. The van der Waals surface area contributed by atoms with E-state index in [1.807, 2.05) is 38.1 Å². The van der Waals surface area contributed by atoms with Crippen molar-refractivity contribution in [3.63, 3.8) is 0 Å². The molecular weight excluding hydrogens is 332 g/mol. The summed E-state index contributed by atoms with van der Waals surface area (Å²) in [5.41, 5.74) is 1.09. The molecule has 0 aliphatic carbocycles. The van der Waals surface area contributed by atoms with Gasteiger partial charge >= 0.3 is 0 Å². The Morgan fingerprint density at radius 2 is 2.05 bits per heavy atom. The van der Waals surface area contributed by atoms with E-state index in [0.29, 0.717) is 6.54 Å². The first kappa shape index (κ1) is 16.2. The Hall–Kier alpha value is -1.20. The first-order chi connectivity index (χ1) is 10.1. The van der Waals surface area contributed by atoms with Crippen molar-refractivity contribution in [3.8, 4) is 0 Å². The van der Waals surface area contributed by atoms with Crippen LogP contribution in [0.4, 0.5) is 0 Å². The Morgan fingerprint density at radius 3 is 2.67 bits per heavy atom. The van der Waals surface area contributed by atoms with Crippen molar-refractivity contribution >= 4 is 27.7 Å². The van der Waals surface area contributed by atoms with Crippen molar-refractivity contribution in [1.82, 2.24) is 10.2 Å². The van der Waals surface area contributed by atoms with Gasteiger partial charge in [-0.1, -0.05) is 41.9 Å². The second-order valence-electron chi connectivity index (χ2n) is 5.34. The first-order valence-corrected chi connectivity index (χ1v) is 8.19. The van der Waals surface area contributed by atoms with Gasteiger partial charge < -0.3 is 5.32 Å². The minimum Gasteiger partial charge on any atom is -0.301 e. The number of halogens is 1. The number of carbonyl (C=O) groups excluding carboxylic acids is 2. The highest BCUT2D eigenvalue weighted by atomic mass is 79.9. The maximum atomic E-state index is 12.4. The van der Waals surface area contributed by atoms with Gasteiger partial charge in [0.2, 0.25) is 11.8 Å². The number of imide groups is 1. The predicted molar refractivity (Wildman–Crippen MR) is 85.6 cm³/mol. The summed E-state index contributed by atoms with van der Waals surface area (Å²) >= 11 is 3.43. The minimum absolute atomic E-state index is 0.0302. The summed E-state index contributed by atoms with van der Waals surface area (Å²) in [7, 11) is 0. The molecule has 4 nitrogen and oxygen atoms in total. The molecule has 21 heavy (non-hydrogen) atoms. The van der Waals surface area contributed by atoms with E-state index in [-0.39, 0.29) is 24.3 Å². The molecule has 0 aromatic heterocycles. The van der Waals surface area contributed by atoms with Crippen LogP contribution in [0.5, 0.6) is 0 Å². The average molecular weight is 353 g/mol. The maximum absolute atomic E-state index is 12.4. The molecule has 1 heterocycles. The summed E-state index contributed by atoms with van der Waals surface area (Å²) in [5, 5.41) is 3.21. The number of likely N-dealkylation sites (tertiary alicyclic amines) is 1. The molecule has 1 aliphatic heterocycles. The van der Waals surface area contributed by atoms with Crippen LogP contribution in [-0.2, 0) is 16.1 Å². The van der Waals surface area contributed by atoms with Gasteiger partial charge in [-0.25, -0.2) is 0 Å². The van der Waals surface area contributed by atoms with E-state index < -0.39 is 6.04 Å². The fourth-order valence-corrected chi connectivity index (χ4v) is 3.18. The van der Waals surface area contributed by atoms with Gasteiger partial charge in [0.15, 0.2) is 0 Å². The zero-order valence-corrected chi connectivity index (χ0v) is 14.0. The summed E-state index contributed by atoms with van der Waals surface area (Å²) < 4.78 is 1.01. The van der Waals surface area contributed by atoms with Crippen LogP contribution in [0, 0.1) is 0 Å². The molecule has 2 amide bonds. The molecule has 1 N–H and O–H groups in total. The number of hydrogen-bond acceptors (Lipinski definition) is 3. The standard InChI is InChI=1S/C16H21BrN2O2/c1-3-13(4-2)19-15(20)9-14(16(19)21)18-10-11-6-5-7-12(17)8-11/h5-8,13-14,18H,3-4,9-10H2,1-2H3. The monoisotopic (exact) mass is 352 g/mol. The van der Waals surface area contributed by atoms with E-state index >= 15 is 0 Å². The molecule has 114 valence electrons.